The first-order chi connectivity index (χ1) is 12.2. The maximum Gasteiger partial charge on any atom is 0.439 e. The predicted octanol–water partition coefficient (Wildman–Crippen LogP) is 2.23. The summed E-state index contributed by atoms with van der Waals surface area (Å²) in [5, 5.41) is 9.01. The second kappa shape index (κ2) is 7.82. The van der Waals surface area contributed by atoms with Crippen molar-refractivity contribution in [3.63, 3.8) is 0 Å². The molecule has 0 atom stereocenters. The van der Waals surface area contributed by atoms with E-state index >= 15 is 0 Å². The molecule has 1 aromatic heterocycles. The molecule has 0 spiro atoms. The SMILES string of the molecule is O=C(NCCOc1ccccc1)Nc1cccc(-c2noc(=O)[nH]2)c1. The van der Waals surface area contributed by atoms with Crippen LogP contribution >= 0.6 is 0 Å². The Labute approximate surface area is 142 Å². The van der Waals surface area contributed by atoms with Gasteiger partial charge in [-0.25, -0.2) is 9.59 Å². The number of anilines is 1. The number of para-hydroxylation sites is 1. The summed E-state index contributed by atoms with van der Waals surface area (Å²) >= 11 is 0. The van der Waals surface area contributed by atoms with Crippen molar-refractivity contribution in [3.05, 3.63) is 65.1 Å². The van der Waals surface area contributed by atoms with Crippen LogP contribution in [0.15, 0.2) is 63.9 Å². The molecule has 3 rings (SSSR count). The summed E-state index contributed by atoms with van der Waals surface area (Å²) in [6.07, 6.45) is 0. The summed E-state index contributed by atoms with van der Waals surface area (Å²) in [4.78, 5) is 25.4. The molecule has 0 saturated carbocycles. The Morgan fingerprint density at radius 3 is 2.76 bits per heavy atom. The van der Waals surface area contributed by atoms with Gasteiger partial charge in [0.1, 0.15) is 12.4 Å². The standard InChI is InChI=1S/C17H16N4O4/c22-16(18-9-10-24-14-7-2-1-3-8-14)19-13-6-4-5-12(11-13)15-20-17(23)25-21-15/h1-8,11H,9-10H2,(H2,18,19,22)(H,20,21,23). The first-order valence-corrected chi connectivity index (χ1v) is 7.60. The second-order valence-corrected chi connectivity index (χ2v) is 5.07. The number of aromatic amines is 1. The van der Waals surface area contributed by atoms with E-state index in [1.165, 1.54) is 0 Å². The monoisotopic (exact) mass is 340 g/mol. The Hall–Kier alpha value is -3.55. The van der Waals surface area contributed by atoms with Crippen LogP contribution < -0.4 is 21.1 Å². The normalized spacial score (nSPS) is 10.2. The van der Waals surface area contributed by atoms with Crippen molar-refractivity contribution in [1.29, 1.82) is 0 Å². The number of carbonyl (C=O) groups is 1. The molecule has 8 heteroatoms. The summed E-state index contributed by atoms with van der Waals surface area (Å²) in [7, 11) is 0. The number of benzene rings is 2. The van der Waals surface area contributed by atoms with E-state index in [1.807, 2.05) is 30.3 Å². The fourth-order valence-corrected chi connectivity index (χ4v) is 2.12. The van der Waals surface area contributed by atoms with Crippen LogP contribution in [-0.4, -0.2) is 29.3 Å². The molecule has 0 fully saturated rings. The molecule has 3 aromatic rings. The molecule has 1 heterocycles. The molecule has 3 N–H and O–H groups in total. The van der Waals surface area contributed by atoms with Gasteiger partial charge in [-0.2, -0.15) is 0 Å². The van der Waals surface area contributed by atoms with Gasteiger partial charge in [0, 0.05) is 11.3 Å². The average molecular weight is 340 g/mol. The number of amides is 2. The number of rotatable bonds is 6. The highest BCUT2D eigenvalue weighted by atomic mass is 16.5. The van der Waals surface area contributed by atoms with Gasteiger partial charge in [-0.05, 0) is 24.3 Å². The number of nitrogens with one attached hydrogen (secondary N) is 3. The summed E-state index contributed by atoms with van der Waals surface area (Å²) in [5.74, 6) is 0.411. The summed E-state index contributed by atoms with van der Waals surface area (Å²) in [6.45, 7) is 0.717. The van der Waals surface area contributed by atoms with Crippen LogP contribution in [0.1, 0.15) is 0 Å². The molecular formula is C17H16N4O4. The van der Waals surface area contributed by atoms with E-state index in [0.29, 0.717) is 30.2 Å². The number of carbonyl (C=O) groups excluding carboxylic acids is 1. The number of nitrogens with zero attached hydrogens (tertiary/aromatic N) is 1. The zero-order chi connectivity index (χ0) is 17.5. The van der Waals surface area contributed by atoms with Gasteiger partial charge in [-0.3, -0.25) is 9.51 Å². The van der Waals surface area contributed by atoms with E-state index in [2.05, 4.69) is 25.3 Å². The van der Waals surface area contributed by atoms with Crippen molar-refractivity contribution < 1.29 is 14.1 Å². The highest BCUT2D eigenvalue weighted by Gasteiger charge is 2.06. The Morgan fingerprint density at radius 2 is 2.00 bits per heavy atom. The van der Waals surface area contributed by atoms with E-state index in [4.69, 9.17) is 4.74 Å². The summed E-state index contributed by atoms with van der Waals surface area (Å²) in [5.41, 5.74) is 1.18. The number of ether oxygens (including phenoxy) is 1. The van der Waals surface area contributed by atoms with Crippen LogP contribution in [0.4, 0.5) is 10.5 Å². The molecule has 0 saturated heterocycles. The van der Waals surface area contributed by atoms with Gasteiger partial charge in [0.25, 0.3) is 0 Å². The van der Waals surface area contributed by atoms with Gasteiger partial charge in [-0.1, -0.05) is 35.5 Å². The van der Waals surface area contributed by atoms with Gasteiger partial charge >= 0.3 is 11.8 Å². The van der Waals surface area contributed by atoms with Crippen molar-refractivity contribution >= 4 is 11.7 Å². The van der Waals surface area contributed by atoms with E-state index < -0.39 is 5.76 Å². The van der Waals surface area contributed by atoms with Crippen LogP contribution in [-0.2, 0) is 0 Å². The molecule has 0 radical (unpaired) electrons. The third-order valence-electron chi connectivity index (χ3n) is 3.23. The van der Waals surface area contributed by atoms with E-state index in [9.17, 15) is 9.59 Å². The fraction of sp³-hybridized carbons (Fsp3) is 0.118. The average Bonchev–Trinajstić information content (AvgIpc) is 3.06. The van der Waals surface area contributed by atoms with Gasteiger partial charge in [0.05, 0.1) is 6.54 Å². The van der Waals surface area contributed by atoms with E-state index in [1.54, 1.807) is 24.3 Å². The summed E-state index contributed by atoms with van der Waals surface area (Å²) in [6, 6.07) is 15.9. The second-order valence-electron chi connectivity index (χ2n) is 5.07. The van der Waals surface area contributed by atoms with Crippen molar-refractivity contribution in [2.24, 2.45) is 0 Å². The van der Waals surface area contributed by atoms with Gasteiger partial charge in [-0.15, -0.1) is 0 Å². The van der Waals surface area contributed by atoms with Crippen molar-refractivity contribution in [1.82, 2.24) is 15.5 Å². The first-order valence-electron chi connectivity index (χ1n) is 7.60. The van der Waals surface area contributed by atoms with Crippen LogP contribution in [0, 0.1) is 0 Å². The largest absolute Gasteiger partial charge is 0.492 e. The molecule has 0 unspecified atom stereocenters. The first kappa shape index (κ1) is 16.3. The lowest BCUT2D eigenvalue weighted by molar-refractivity contribution is 0.247. The fourth-order valence-electron chi connectivity index (χ4n) is 2.12. The molecule has 0 aliphatic carbocycles. The van der Waals surface area contributed by atoms with Crippen LogP contribution in [0.3, 0.4) is 0 Å². The van der Waals surface area contributed by atoms with Crippen LogP contribution in [0.5, 0.6) is 5.75 Å². The van der Waals surface area contributed by atoms with Crippen molar-refractivity contribution in [3.8, 4) is 17.1 Å². The molecule has 128 valence electrons. The Bertz CT molecular complexity index is 889. The number of aromatic nitrogens is 2. The lowest BCUT2D eigenvalue weighted by atomic mass is 10.2. The van der Waals surface area contributed by atoms with E-state index in [0.717, 1.165) is 5.75 Å². The summed E-state index contributed by atoms with van der Waals surface area (Å²) < 4.78 is 9.96. The van der Waals surface area contributed by atoms with Gasteiger partial charge < -0.3 is 15.4 Å². The minimum absolute atomic E-state index is 0.297. The maximum absolute atomic E-state index is 11.9. The highest BCUT2D eigenvalue weighted by molar-refractivity contribution is 5.89. The number of hydrogen-bond acceptors (Lipinski definition) is 5. The zero-order valence-electron chi connectivity index (χ0n) is 13.2. The van der Waals surface area contributed by atoms with Crippen LogP contribution in [0.25, 0.3) is 11.4 Å². The molecular weight excluding hydrogens is 324 g/mol. The Balaban J connectivity index is 1.48. The van der Waals surface area contributed by atoms with E-state index in [-0.39, 0.29) is 6.03 Å². The van der Waals surface area contributed by atoms with Gasteiger partial charge in [0.15, 0.2) is 5.82 Å². The molecule has 25 heavy (non-hydrogen) atoms. The van der Waals surface area contributed by atoms with Crippen molar-refractivity contribution in [2.75, 3.05) is 18.5 Å². The lowest BCUT2D eigenvalue weighted by Gasteiger charge is -2.09. The zero-order valence-corrected chi connectivity index (χ0v) is 13.2. The molecule has 8 nitrogen and oxygen atoms in total. The quantitative estimate of drug-likeness (QED) is 0.596. The van der Waals surface area contributed by atoms with Crippen molar-refractivity contribution in [2.45, 2.75) is 0 Å². The predicted molar refractivity (Wildman–Crippen MR) is 91.5 cm³/mol. The lowest BCUT2D eigenvalue weighted by Crippen LogP contribution is -2.32. The Kier molecular flexibility index (Phi) is 5.10. The van der Waals surface area contributed by atoms with Gasteiger partial charge in [0.2, 0.25) is 0 Å². The maximum atomic E-state index is 11.9. The number of hydrogen-bond donors (Lipinski definition) is 3. The highest BCUT2D eigenvalue weighted by Crippen LogP contribution is 2.18. The number of H-pyrrole nitrogens is 1. The smallest absolute Gasteiger partial charge is 0.439 e. The van der Waals surface area contributed by atoms with Crippen LogP contribution in [0.2, 0.25) is 0 Å². The molecule has 0 bridgehead atoms. The topological polar surface area (TPSA) is 109 Å². The Morgan fingerprint density at radius 1 is 1.16 bits per heavy atom. The molecule has 2 amide bonds. The minimum Gasteiger partial charge on any atom is -0.492 e. The third-order valence-corrected chi connectivity index (χ3v) is 3.23. The molecule has 0 aliphatic rings. The molecule has 2 aromatic carbocycles. The minimum atomic E-state index is -0.635. The third kappa shape index (κ3) is 4.71. The molecule has 0 aliphatic heterocycles. The number of urea groups is 1.